The van der Waals surface area contributed by atoms with Gasteiger partial charge >= 0.3 is 6.18 Å². The van der Waals surface area contributed by atoms with Crippen LogP contribution in [0.25, 0.3) is 16.9 Å². The van der Waals surface area contributed by atoms with Gasteiger partial charge in [0.25, 0.3) is 0 Å². The molecule has 2 heterocycles. The summed E-state index contributed by atoms with van der Waals surface area (Å²) >= 11 is 0. The van der Waals surface area contributed by atoms with Crippen LogP contribution in [-0.2, 0) is 6.18 Å². The Morgan fingerprint density at radius 1 is 1.10 bits per heavy atom. The number of nitrogens with two attached hydrogens (primary N) is 1. The smallest absolute Gasteiger partial charge is 0.399 e. The van der Waals surface area contributed by atoms with Crippen molar-refractivity contribution in [3.63, 3.8) is 0 Å². The number of aromatic nitrogens is 3. The summed E-state index contributed by atoms with van der Waals surface area (Å²) in [6.07, 6.45) is -3.23. The molecule has 7 heteroatoms. The van der Waals surface area contributed by atoms with Crippen molar-refractivity contribution >= 4 is 11.3 Å². The van der Waals surface area contributed by atoms with E-state index in [9.17, 15) is 13.2 Å². The quantitative estimate of drug-likeness (QED) is 0.696. The lowest BCUT2D eigenvalue weighted by molar-refractivity contribution is -0.142. The average molecular weight is 278 g/mol. The minimum atomic E-state index is -4.51. The highest BCUT2D eigenvalue weighted by atomic mass is 19.4. The van der Waals surface area contributed by atoms with Crippen LogP contribution in [-0.4, -0.2) is 14.6 Å². The van der Waals surface area contributed by atoms with Crippen LogP contribution in [0.5, 0.6) is 0 Å². The van der Waals surface area contributed by atoms with Gasteiger partial charge in [0.1, 0.15) is 0 Å². The summed E-state index contributed by atoms with van der Waals surface area (Å²) in [5.74, 6) is 0. The first kappa shape index (κ1) is 12.5. The highest BCUT2D eigenvalue weighted by Crippen LogP contribution is 2.32. The fraction of sp³-hybridized carbons (Fsp3) is 0.0769. The number of nitrogens with zero attached hydrogens (tertiary/aromatic N) is 3. The van der Waals surface area contributed by atoms with Crippen LogP contribution in [0.2, 0.25) is 0 Å². The van der Waals surface area contributed by atoms with Gasteiger partial charge in [-0.2, -0.15) is 18.3 Å². The van der Waals surface area contributed by atoms with Crippen molar-refractivity contribution in [3.05, 3.63) is 48.3 Å². The van der Waals surface area contributed by atoms with Crippen LogP contribution in [0.3, 0.4) is 0 Å². The molecular formula is C13H9F3N4. The molecule has 4 nitrogen and oxygen atoms in total. The molecule has 3 rings (SSSR count). The molecule has 0 saturated carbocycles. The van der Waals surface area contributed by atoms with Crippen LogP contribution in [0.1, 0.15) is 5.69 Å². The Labute approximate surface area is 111 Å². The van der Waals surface area contributed by atoms with Crippen molar-refractivity contribution in [1.82, 2.24) is 14.6 Å². The SMILES string of the molecule is Nc1cccc(-c2cc(C(F)(F)F)n3nccc3n2)c1. The molecule has 102 valence electrons. The predicted molar refractivity (Wildman–Crippen MR) is 67.8 cm³/mol. The molecule has 3 aromatic rings. The molecule has 0 aliphatic rings. The standard InChI is InChI=1S/C13H9F3N4/c14-13(15,16)11-7-10(8-2-1-3-9(17)6-8)19-12-4-5-18-20(11)12/h1-7H,17H2. The van der Waals surface area contributed by atoms with Crippen molar-refractivity contribution in [3.8, 4) is 11.3 Å². The van der Waals surface area contributed by atoms with E-state index in [1.807, 2.05) is 0 Å². The van der Waals surface area contributed by atoms with E-state index in [0.717, 1.165) is 10.6 Å². The fourth-order valence-electron chi connectivity index (χ4n) is 1.96. The lowest BCUT2D eigenvalue weighted by Crippen LogP contribution is -2.13. The number of benzene rings is 1. The minimum Gasteiger partial charge on any atom is -0.399 e. The highest BCUT2D eigenvalue weighted by Gasteiger charge is 2.35. The van der Waals surface area contributed by atoms with Crippen LogP contribution in [0.15, 0.2) is 42.6 Å². The van der Waals surface area contributed by atoms with Gasteiger partial charge in [-0.1, -0.05) is 12.1 Å². The average Bonchev–Trinajstić information content (AvgIpc) is 2.84. The summed E-state index contributed by atoms with van der Waals surface area (Å²) in [6, 6.07) is 8.95. The maximum atomic E-state index is 13.1. The Kier molecular flexibility index (Phi) is 2.63. The molecule has 0 radical (unpaired) electrons. The summed E-state index contributed by atoms with van der Waals surface area (Å²) in [5.41, 5.74) is 6.11. The third kappa shape index (κ3) is 2.07. The van der Waals surface area contributed by atoms with E-state index in [1.165, 1.54) is 12.3 Å². The van der Waals surface area contributed by atoms with Crippen LogP contribution in [0, 0.1) is 0 Å². The van der Waals surface area contributed by atoms with E-state index >= 15 is 0 Å². The Bertz CT molecular complexity index is 777. The fourth-order valence-corrected chi connectivity index (χ4v) is 1.96. The molecule has 20 heavy (non-hydrogen) atoms. The topological polar surface area (TPSA) is 56.2 Å². The number of alkyl halides is 3. The Balaban J connectivity index is 2.27. The number of hydrogen-bond donors (Lipinski definition) is 1. The van der Waals surface area contributed by atoms with E-state index in [0.29, 0.717) is 11.3 Å². The third-order valence-corrected chi connectivity index (χ3v) is 2.83. The van der Waals surface area contributed by atoms with Crippen molar-refractivity contribution in [2.45, 2.75) is 6.18 Å². The molecule has 0 saturated heterocycles. The molecule has 2 aromatic heterocycles. The minimum absolute atomic E-state index is 0.136. The van der Waals surface area contributed by atoms with Gasteiger partial charge < -0.3 is 5.73 Å². The van der Waals surface area contributed by atoms with Crippen molar-refractivity contribution < 1.29 is 13.2 Å². The van der Waals surface area contributed by atoms with Gasteiger partial charge in [0.15, 0.2) is 11.3 Å². The van der Waals surface area contributed by atoms with Gasteiger partial charge in [0.2, 0.25) is 0 Å². The molecule has 1 aromatic carbocycles. The van der Waals surface area contributed by atoms with E-state index < -0.39 is 11.9 Å². The zero-order valence-corrected chi connectivity index (χ0v) is 10.1. The second-order valence-corrected chi connectivity index (χ2v) is 4.25. The number of hydrogen-bond acceptors (Lipinski definition) is 3. The van der Waals surface area contributed by atoms with E-state index in [2.05, 4.69) is 10.1 Å². The second kappa shape index (κ2) is 4.22. The van der Waals surface area contributed by atoms with Crippen molar-refractivity contribution in [1.29, 1.82) is 0 Å². The number of nitrogen functional groups attached to an aromatic ring is 1. The maximum Gasteiger partial charge on any atom is 0.433 e. The zero-order valence-electron chi connectivity index (χ0n) is 10.1. The molecule has 0 aliphatic heterocycles. The monoisotopic (exact) mass is 278 g/mol. The highest BCUT2D eigenvalue weighted by molar-refractivity contribution is 5.66. The normalized spacial score (nSPS) is 11.9. The Hall–Kier alpha value is -2.57. The summed E-state index contributed by atoms with van der Waals surface area (Å²) < 4.78 is 39.9. The summed E-state index contributed by atoms with van der Waals surface area (Å²) in [6.45, 7) is 0. The number of fused-ring (bicyclic) bond motifs is 1. The Morgan fingerprint density at radius 2 is 1.90 bits per heavy atom. The number of rotatable bonds is 1. The molecule has 0 atom stereocenters. The lowest BCUT2D eigenvalue weighted by Gasteiger charge is -2.11. The van der Waals surface area contributed by atoms with Crippen molar-refractivity contribution in [2.24, 2.45) is 0 Å². The summed E-state index contributed by atoms with van der Waals surface area (Å²) in [4.78, 5) is 4.17. The molecule has 0 bridgehead atoms. The van der Waals surface area contributed by atoms with Gasteiger partial charge in [-0.3, -0.25) is 0 Å². The molecule has 0 aliphatic carbocycles. The first-order valence-corrected chi connectivity index (χ1v) is 5.73. The second-order valence-electron chi connectivity index (χ2n) is 4.25. The molecule has 0 fully saturated rings. The van der Waals surface area contributed by atoms with Gasteiger partial charge in [-0.15, -0.1) is 0 Å². The first-order chi connectivity index (χ1) is 9.45. The lowest BCUT2D eigenvalue weighted by atomic mass is 10.1. The van der Waals surface area contributed by atoms with Gasteiger partial charge in [-0.05, 0) is 18.2 Å². The molecule has 0 unspecified atom stereocenters. The van der Waals surface area contributed by atoms with E-state index in [1.54, 1.807) is 24.3 Å². The number of halogens is 3. The molecule has 2 N–H and O–H groups in total. The number of anilines is 1. The predicted octanol–water partition coefficient (Wildman–Crippen LogP) is 3.00. The van der Waals surface area contributed by atoms with Gasteiger partial charge in [0.05, 0.1) is 11.9 Å². The summed E-state index contributed by atoms with van der Waals surface area (Å²) in [5, 5.41) is 3.65. The molecular weight excluding hydrogens is 269 g/mol. The van der Waals surface area contributed by atoms with Crippen LogP contribution in [0.4, 0.5) is 18.9 Å². The largest absolute Gasteiger partial charge is 0.433 e. The molecule has 0 spiro atoms. The first-order valence-electron chi connectivity index (χ1n) is 5.73. The third-order valence-electron chi connectivity index (χ3n) is 2.83. The van der Waals surface area contributed by atoms with Gasteiger partial charge in [0, 0.05) is 17.3 Å². The summed E-state index contributed by atoms with van der Waals surface area (Å²) in [7, 11) is 0. The van der Waals surface area contributed by atoms with Crippen LogP contribution >= 0.6 is 0 Å². The van der Waals surface area contributed by atoms with Gasteiger partial charge in [-0.25, -0.2) is 9.50 Å². The molecule has 0 amide bonds. The Morgan fingerprint density at radius 3 is 2.60 bits per heavy atom. The van der Waals surface area contributed by atoms with E-state index in [4.69, 9.17) is 5.73 Å². The zero-order chi connectivity index (χ0) is 14.3. The maximum absolute atomic E-state index is 13.1. The van der Waals surface area contributed by atoms with E-state index in [-0.39, 0.29) is 11.3 Å². The van der Waals surface area contributed by atoms with Crippen molar-refractivity contribution in [2.75, 3.05) is 5.73 Å². The van der Waals surface area contributed by atoms with Crippen LogP contribution < -0.4 is 5.73 Å².